The SMILES string of the molecule is Cc1noc([C@@H](C)NC(=O)[C@@H](C)n2nnc(-c3ccccc3)n2)n1. The molecule has 0 unspecified atom stereocenters. The molecule has 0 saturated carbocycles. The van der Waals surface area contributed by atoms with Crippen LogP contribution in [0.3, 0.4) is 0 Å². The molecule has 0 aliphatic heterocycles. The number of tetrazole rings is 1. The summed E-state index contributed by atoms with van der Waals surface area (Å²) in [4.78, 5) is 17.7. The smallest absolute Gasteiger partial charge is 0.248 e. The zero-order valence-corrected chi connectivity index (χ0v) is 13.5. The maximum atomic E-state index is 12.4. The van der Waals surface area contributed by atoms with E-state index in [4.69, 9.17) is 4.52 Å². The molecule has 0 aliphatic carbocycles. The predicted molar refractivity (Wildman–Crippen MR) is 83.6 cm³/mol. The molecule has 1 aromatic carbocycles. The Morgan fingerprint density at radius 3 is 2.67 bits per heavy atom. The molecule has 0 spiro atoms. The van der Waals surface area contributed by atoms with Crippen molar-refractivity contribution in [2.45, 2.75) is 32.9 Å². The van der Waals surface area contributed by atoms with Gasteiger partial charge in [0.1, 0.15) is 12.1 Å². The predicted octanol–water partition coefficient (Wildman–Crippen LogP) is 1.47. The van der Waals surface area contributed by atoms with E-state index < -0.39 is 12.1 Å². The van der Waals surface area contributed by atoms with Gasteiger partial charge in [0.2, 0.25) is 17.6 Å². The van der Waals surface area contributed by atoms with Crippen molar-refractivity contribution < 1.29 is 9.32 Å². The van der Waals surface area contributed by atoms with Gasteiger partial charge in [0.15, 0.2) is 5.82 Å². The van der Waals surface area contributed by atoms with E-state index in [1.807, 2.05) is 30.3 Å². The molecule has 3 rings (SSSR count). The number of hydrogen-bond donors (Lipinski definition) is 1. The fourth-order valence-electron chi connectivity index (χ4n) is 2.08. The van der Waals surface area contributed by atoms with Crippen LogP contribution in [0.25, 0.3) is 11.4 Å². The molecule has 0 saturated heterocycles. The molecule has 1 amide bonds. The maximum absolute atomic E-state index is 12.4. The summed E-state index contributed by atoms with van der Waals surface area (Å²) < 4.78 is 5.05. The van der Waals surface area contributed by atoms with Gasteiger partial charge in [0.05, 0.1) is 0 Å². The third-order valence-electron chi connectivity index (χ3n) is 3.46. The van der Waals surface area contributed by atoms with E-state index in [0.717, 1.165) is 5.56 Å². The number of amides is 1. The molecule has 9 nitrogen and oxygen atoms in total. The van der Waals surface area contributed by atoms with Gasteiger partial charge in [-0.15, -0.1) is 10.2 Å². The summed E-state index contributed by atoms with van der Waals surface area (Å²) in [6, 6.07) is 8.42. The fraction of sp³-hybridized carbons (Fsp3) is 0.333. The van der Waals surface area contributed by atoms with Gasteiger partial charge in [-0.05, 0) is 26.0 Å². The number of aryl methyl sites for hydroxylation is 1. The second-order valence-corrected chi connectivity index (χ2v) is 5.39. The summed E-state index contributed by atoms with van der Waals surface area (Å²) in [6.45, 7) is 5.17. The Morgan fingerprint density at radius 2 is 2.00 bits per heavy atom. The first kappa shape index (κ1) is 15.8. The van der Waals surface area contributed by atoms with Crippen LogP contribution in [0.1, 0.15) is 37.6 Å². The molecular formula is C15H17N7O2. The number of carbonyl (C=O) groups is 1. The highest BCUT2D eigenvalue weighted by molar-refractivity contribution is 5.79. The van der Waals surface area contributed by atoms with Crippen molar-refractivity contribution >= 4 is 5.91 Å². The van der Waals surface area contributed by atoms with Crippen molar-refractivity contribution in [2.75, 3.05) is 0 Å². The normalized spacial score (nSPS) is 13.5. The zero-order chi connectivity index (χ0) is 17.1. The van der Waals surface area contributed by atoms with Crippen molar-refractivity contribution in [3.63, 3.8) is 0 Å². The Hall–Kier alpha value is -3.10. The Morgan fingerprint density at radius 1 is 1.25 bits per heavy atom. The number of benzene rings is 1. The van der Waals surface area contributed by atoms with E-state index >= 15 is 0 Å². The Bertz CT molecular complexity index is 827. The minimum Gasteiger partial charge on any atom is -0.343 e. The molecule has 0 aliphatic rings. The highest BCUT2D eigenvalue weighted by Gasteiger charge is 2.22. The molecule has 2 aromatic heterocycles. The average molecular weight is 327 g/mol. The van der Waals surface area contributed by atoms with Crippen LogP contribution in [0, 0.1) is 6.92 Å². The largest absolute Gasteiger partial charge is 0.343 e. The standard InChI is InChI=1S/C15H17N7O2/c1-9(15-17-11(3)20-24-15)16-14(23)10(2)22-19-13(18-21-22)12-7-5-4-6-8-12/h4-10H,1-3H3,(H,16,23)/t9-,10-/m1/s1. The number of nitrogens with one attached hydrogen (secondary N) is 1. The van der Waals surface area contributed by atoms with Gasteiger partial charge in [0.25, 0.3) is 0 Å². The van der Waals surface area contributed by atoms with Crippen LogP contribution < -0.4 is 5.32 Å². The zero-order valence-electron chi connectivity index (χ0n) is 13.5. The van der Waals surface area contributed by atoms with Gasteiger partial charge >= 0.3 is 0 Å². The molecule has 2 heterocycles. The van der Waals surface area contributed by atoms with Crippen molar-refractivity contribution in [1.29, 1.82) is 0 Å². The Labute approximate surface area is 138 Å². The van der Waals surface area contributed by atoms with Crippen LogP contribution in [0.5, 0.6) is 0 Å². The lowest BCUT2D eigenvalue weighted by Gasteiger charge is -2.13. The number of aromatic nitrogens is 6. The third kappa shape index (κ3) is 3.29. The van der Waals surface area contributed by atoms with Crippen LogP contribution in [0.2, 0.25) is 0 Å². The fourth-order valence-corrected chi connectivity index (χ4v) is 2.08. The molecule has 124 valence electrons. The Balaban J connectivity index is 1.69. The van der Waals surface area contributed by atoms with Gasteiger partial charge in [-0.2, -0.15) is 9.78 Å². The lowest BCUT2D eigenvalue weighted by Crippen LogP contribution is -2.34. The van der Waals surface area contributed by atoms with Gasteiger partial charge in [-0.1, -0.05) is 35.5 Å². The summed E-state index contributed by atoms with van der Waals surface area (Å²) >= 11 is 0. The molecule has 0 bridgehead atoms. The van der Waals surface area contributed by atoms with Crippen molar-refractivity contribution in [3.8, 4) is 11.4 Å². The third-order valence-corrected chi connectivity index (χ3v) is 3.46. The van der Waals surface area contributed by atoms with Crippen molar-refractivity contribution in [3.05, 3.63) is 42.0 Å². The molecule has 0 radical (unpaired) electrons. The van der Waals surface area contributed by atoms with Crippen LogP contribution in [0.15, 0.2) is 34.9 Å². The summed E-state index contributed by atoms with van der Waals surface area (Å²) in [5.74, 6) is 1.07. The minimum absolute atomic E-state index is 0.268. The molecule has 0 fully saturated rings. The van der Waals surface area contributed by atoms with Crippen molar-refractivity contribution in [1.82, 2.24) is 35.7 Å². The van der Waals surface area contributed by atoms with Crippen molar-refractivity contribution in [2.24, 2.45) is 0 Å². The lowest BCUT2D eigenvalue weighted by molar-refractivity contribution is -0.125. The average Bonchev–Trinajstić information content (AvgIpc) is 3.24. The van der Waals surface area contributed by atoms with E-state index in [1.54, 1.807) is 20.8 Å². The summed E-state index contributed by atoms with van der Waals surface area (Å²) in [5.41, 5.74) is 0.839. The second kappa shape index (κ2) is 6.57. The molecule has 9 heteroatoms. The first-order valence-corrected chi connectivity index (χ1v) is 7.50. The first-order chi connectivity index (χ1) is 11.5. The highest BCUT2D eigenvalue weighted by Crippen LogP contribution is 2.15. The van der Waals surface area contributed by atoms with Gasteiger partial charge in [-0.25, -0.2) is 0 Å². The molecule has 1 N–H and O–H groups in total. The molecular weight excluding hydrogens is 310 g/mol. The van der Waals surface area contributed by atoms with E-state index in [2.05, 4.69) is 30.9 Å². The van der Waals surface area contributed by atoms with Gasteiger partial charge in [-0.3, -0.25) is 4.79 Å². The minimum atomic E-state index is -0.624. The van der Waals surface area contributed by atoms with Crippen LogP contribution >= 0.6 is 0 Å². The topological polar surface area (TPSA) is 112 Å². The molecule has 2 atom stereocenters. The van der Waals surface area contributed by atoms with E-state index in [1.165, 1.54) is 4.80 Å². The van der Waals surface area contributed by atoms with Crippen LogP contribution in [-0.4, -0.2) is 36.3 Å². The first-order valence-electron chi connectivity index (χ1n) is 7.50. The highest BCUT2D eigenvalue weighted by atomic mass is 16.5. The monoisotopic (exact) mass is 327 g/mol. The van der Waals surface area contributed by atoms with E-state index in [-0.39, 0.29) is 5.91 Å². The summed E-state index contributed by atoms with van der Waals surface area (Å²) in [5, 5.41) is 18.7. The van der Waals surface area contributed by atoms with Gasteiger partial charge in [0, 0.05) is 5.56 Å². The van der Waals surface area contributed by atoms with Crippen LogP contribution in [-0.2, 0) is 4.79 Å². The van der Waals surface area contributed by atoms with E-state index in [9.17, 15) is 4.79 Å². The summed E-state index contributed by atoms with van der Waals surface area (Å²) in [6.07, 6.45) is 0. The number of nitrogens with zero attached hydrogens (tertiary/aromatic N) is 6. The summed E-state index contributed by atoms with van der Waals surface area (Å²) in [7, 11) is 0. The Kier molecular flexibility index (Phi) is 4.32. The number of hydrogen-bond acceptors (Lipinski definition) is 7. The number of carbonyl (C=O) groups excluding carboxylic acids is 1. The van der Waals surface area contributed by atoms with Gasteiger partial charge < -0.3 is 9.84 Å². The van der Waals surface area contributed by atoms with Crippen LogP contribution in [0.4, 0.5) is 0 Å². The molecule has 24 heavy (non-hydrogen) atoms. The van der Waals surface area contributed by atoms with E-state index in [0.29, 0.717) is 17.5 Å². The lowest BCUT2D eigenvalue weighted by atomic mass is 10.2. The molecule has 3 aromatic rings. The second-order valence-electron chi connectivity index (χ2n) is 5.39. The maximum Gasteiger partial charge on any atom is 0.248 e. The number of rotatable bonds is 5. The quantitative estimate of drug-likeness (QED) is 0.755.